The number of benzene rings is 2. The van der Waals surface area contributed by atoms with Crippen LogP contribution in [0.25, 0.3) is 0 Å². The second kappa shape index (κ2) is 10.1. The van der Waals surface area contributed by atoms with E-state index in [4.69, 9.17) is 4.42 Å². The average Bonchev–Trinajstić information content (AvgIpc) is 3.59. The van der Waals surface area contributed by atoms with Gasteiger partial charge in [-0.1, -0.05) is 18.2 Å². The van der Waals surface area contributed by atoms with E-state index in [1.165, 1.54) is 0 Å². The van der Waals surface area contributed by atoms with Crippen LogP contribution in [-0.4, -0.2) is 50.5 Å². The third-order valence-electron chi connectivity index (χ3n) is 9.10. The van der Waals surface area contributed by atoms with Crippen LogP contribution in [0.2, 0.25) is 0 Å². The normalized spacial score (nSPS) is 22.2. The molecule has 0 bridgehead atoms. The fourth-order valence-electron chi connectivity index (χ4n) is 6.94. The Balaban J connectivity index is 1.51. The molecule has 6 nitrogen and oxygen atoms in total. The molecule has 2 atom stereocenters. The van der Waals surface area contributed by atoms with Gasteiger partial charge in [0.15, 0.2) is 15.6 Å². The number of furan rings is 1. The third-order valence-corrected chi connectivity index (χ3v) is 11.6. The van der Waals surface area contributed by atoms with Gasteiger partial charge < -0.3 is 9.32 Å². The lowest BCUT2D eigenvalue weighted by molar-refractivity contribution is -0.348. The first-order valence-corrected chi connectivity index (χ1v) is 15.3. The van der Waals surface area contributed by atoms with Crippen molar-refractivity contribution in [1.82, 2.24) is 4.90 Å². The molecule has 1 fully saturated rings. The Morgan fingerprint density at radius 1 is 0.933 bits per heavy atom. The van der Waals surface area contributed by atoms with Crippen molar-refractivity contribution in [1.29, 1.82) is 0 Å². The van der Waals surface area contributed by atoms with Crippen molar-refractivity contribution in [2.24, 2.45) is 5.92 Å². The number of Topliss-reactive ketones (excluding diaryl/α,β-unsaturated/α-hetero) is 1. The van der Waals surface area contributed by atoms with E-state index in [1.54, 1.807) is 0 Å². The number of aryl methyl sites for hydroxylation is 2. The molecule has 45 heavy (non-hydrogen) atoms. The number of halogens is 8. The van der Waals surface area contributed by atoms with Gasteiger partial charge in [-0.15, -0.1) is 0 Å². The maximum Gasteiger partial charge on any atom is 0.435 e. The van der Waals surface area contributed by atoms with Crippen molar-refractivity contribution < 1.29 is 57.5 Å². The van der Waals surface area contributed by atoms with Gasteiger partial charge in [0.05, 0.1) is 16.0 Å². The summed E-state index contributed by atoms with van der Waals surface area (Å²) in [5.41, 5.74) is -7.96. The summed E-state index contributed by atoms with van der Waals surface area (Å²) in [5, 5.41) is 0. The summed E-state index contributed by atoms with van der Waals surface area (Å²) >= 11 is 0. The second-order valence-corrected chi connectivity index (χ2v) is 13.7. The minimum Gasteiger partial charge on any atom is -0.468 e. The molecular formula is C30H23F8NO5S. The van der Waals surface area contributed by atoms with Gasteiger partial charge >= 0.3 is 18.0 Å². The summed E-state index contributed by atoms with van der Waals surface area (Å²) in [6.07, 6.45) is -10.9. The van der Waals surface area contributed by atoms with Crippen molar-refractivity contribution in [2.75, 3.05) is 13.1 Å². The molecule has 3 aliphatic rings. The van der Waals surface area contributed by atoms with E-state index in [0.29, 0.717) is 24.7 Å². The van der Waals surface area contributed by atoms with E-state index < -0.39 is 67.3 Å². The highest BCUT2D eigenvalue weighted by Gasteiger charge is 2.73. The number of amides is 1. The van der Waals surface area contributed by atoms with Crippen LogP contribution in [0.3, 0.4) is 0 Å². The van der Waals surface area contributed by atoms with Gasteiger partial charge in [-0.05, 0) is 54.7 Å². The van der Waals surface area contributed by atoms with Gasteiger partial charge in [0.25, 0.3) is 5.91 Å². The molecule has 240 valence electrons. The fourth-order valence-corrected chi connectivity index (χ4v) is 9.30. The summed E-state index contributed by atoms with van der Waals surface area (Å²) < 4.78 is 142. The highest BCUT2D eigenvalue weighted by Crippen LogP contribution is 2.56. The summed E-state index contributed by atoms with van der Waals surface area (Å²) in [6.45, 7) is -0.803. The van der Waals surface area contributed by atoms with Crippen molar-refractivity contribution in [2.45, 2.75) is 59.8 Å². The predicted octanol–water partition coefficient (Wildman–Crippen LogP) is 6.61. The van der Waals surface area contributed by atoms with Gasteiger partial charge in [0.2, 0.25) is 0 Å². The second-order valence-electron chi connectivity index (χ2n) is 11.5. The van der Waals surface area contributed by atoms with Crippen LogP contribution in [-0.2, 0) is 33.1 Å². The number of carbonyl (C=O) groups is 2. The van der Waals surface area contributed by atoms with Crippen molar-refractivity contribution in [3.63, 3.8) is 0 Å². The Kier molecular flexibility index (Phi) is 7.03. The summed E-state index contributed by atoms with van der Waals surface area (Å²) in [7, 11) is -4.65. The predicted molar refractivity (Wildman–Crippen MR) is 140 cm³/mol. The number of likely N-dealkylation sites (tertiary alicyclic amines) is 1. The molecule has 1 aliphatic heterocycles. The Morgan fingerprint density at radius 2 is 1.60 bits per heavy atom. The Labute approximate surface area is 250 Å². The molecule has 6 rings (SSSR count). The lowest BCUT2D eigenvalue weighted by atomic mass is 9.75. The van der Waals surface area contributed by atoms with Gasteiger partial charge in [-0.3, -0.25) is 9.59 Å². The van der Waals surface area contributed by atoms with Crippen molar-refractivity contribution in [3.05, 3.63) is 88.1 Å². The number of ketones is 1. The minimum atomic E-state index is -6.38. The van der Waals surface area contributed by atoms with E-state index >= 15 is 4.39 Å². The summed E-state index contributed by atoms with van der Waals surface area (Å²) in [6, 6.07) is 5.06. The van der Waals surface area contributed by atoms with Gasteiger partial charge in [-0.2, -0.15) is 26.3 Å². The molecule has 2 aliphatic carbocycles. The van der Waals surface area contributed by atoms with Crippen LogP contribution in [0.15, 0.2) is 58.0 Å². The summed E-state index contributed by atoms with van der Waals surface area (Å²) in [5.74, 6) is -2.46. The molecule has 1 saturated heterocycles. The lowest BCUT2D eigenvalue weighted by Crippen LogP contribution is -2.51. The first-order chi connectivity index (χ1) is 20.9. The Bertz CT molecular complexity index is 1800. The Hall–Kier alpha value is -3.75. The van der Waals surface area contributed by atoms with E-state index in [-0.39, 0.29) is 59.9 Å². The number of sulfone groups is 1. The van der Waals surface area contributed by atoms with Crippen LogP contribution >= 0.6 is 0 Å². The zero-order valence-corrected chi connectivity index (χ0v) is 23.9. The number of alkyl halides is 7. The monoisotopic (exact) mass is 661 g/mol. The topological polar surface area (TPSA) is 84.7 Å². The number of carbonyl (C=O) groups excluding carboxylic acids is 2. The molecule has 2 aromatic carbocycles. The van der Waals surface area contributed by atoms with Crippen LogP contribution in [0.4, 0.5) is 35.1 Å². The molecule has 3 aromatic rings. The number of fused-ring (bicyclic) bond motifs is 4. The third kappa shape index (κ3) is 4.43. The maximum atomic E-state index is 15.0. The molecule has 1 amide bonds. The first kappa shape index (κ1) is 31.2. The molecule has 2 heterocycles. The van der Waals surface area contributed by atoms with Gasteiger partial charge in [0, 0.05) is 37.4 Å². The standard InChI is InChI=1S/C30H23F8NO5S/c31-19-7-9-20(10-8-19)45(42,43)27-15-39(26(41)21-14-44-24-3-1-2-23(40)25(21)24)13-18(27)5-4-16-12-17(6-11-22(16)27)28(32,29(33,34)35)30(36,37)38/h6-12,14,18H,1-5,13,15H2/t18-,27?/m0/s1. The highest BCUT2D eigenvalue weighted by atomic mass is 32.2. The highest BCUT2D eigenvalue weighted by molar-refractivity contribution is 7.92. The van der Waals surface area contributed by atoms with E-state index in [2.05, 4.69) is 0 Å². The zero-order valence-electron chi connectivity index (χ0n) is 23.1. The van der Waals surface area contributed by atoms with Gasteiger partial charge in [0.1, 0.15) is 22.6 Å². The van der Waals surface area contributed by atoms with Crippen LogP contribution < -0.4 is 0 Å². The largest absolute Gasteiger partial charge is 0.468 e. The molecule has 1 unspecified atom stereocenters. The summed E-state index contributed by atoms with van der Waals surface area (Å²) in [4.78, 5) is 27.2. The smallest absolute Gasteiger partial charge is 0.435 e. The SMILES string of the molecule is O=C1CCCc2occ(C(=O)N3C[C@@H]4CCc5cc(C(F)(C(F)(F)F)C(F)(F)F)ccc5C4(S(=O)(=O)c4ccc(F)cc4)C3)c21. The molecule has 0 saturated carbocycles. The quantitative estimate of drug-likeness (QED) is 0.232. The molecular weight excluding hydrogens is 638 g/mol. The number of rotatable bonds is 4. The Morgan fingerprint density at radius 3 is 2.24 bits per heavy atom. The molecule has 0 N–H and O–H groups in total. The van der Waals surface area contributed by atoms with Gasteiger partial charge in [-0.25, -0.2) is 17.2 Å². The van der Waals surface area contributed by atoms with Crippen molar-refractivity contribution >= 4 is 21.5 Å². The molecule has 0 spiro atoms. The van der Waals surface area contributed by atoms with Crippen LogP contribution in [0.5, 0.6) is 0 Å². The number of nitrogens with zero attached hydrogens (tertiary/aromatic N) is 1. The van der Waals surface area contributed by atoms with Crippen molar-refractivity contribution in [3.8, 4) is 0 Å². The number of hydrogen-bond donors (Lipinski definition) is 0. The zero-order chi connectivity index (χ0) is 32.7. The molecule has 0 radical (unpaired) electrons. The average molecular weight is 662 g/mol. The van der Waals surface area contributed by atoms with E-state index in [9.17, 15) is 48.7 Å². The first-order valence-electron chi connectivity index (χ1n) is 13.8. The molecule has 1 aromatic heterocycles. The van der Waals surface area contributed by atoms with Crippen LogP contribution in [0, 0.1) is 11.7 Å². The lowest BCUT2D eigenvalue weighted by Gasteiger charge is -2.40. The number of hydrogen-bond acceptors (Lipinski definition) is 5. The fraction of sp³-hybridized carbons (Fsp3) is 0.400. The minimum absolute atomic E-state index is 0.0835. The van der Waals surface area contributed by atoms with Crippen LogP contribution in [0.1, 0.15) is 62.4 Å². The van der Waals surface area contributed by atoms with E-state index in [1.807, 2.05) is 0 Å². The maximum absolute atomic E-state index is 15.0. The molecule has 15 heteroatoms. The van der Waals surface area contributed by atoms with E-state index in [0.717, 1.165) is 41.5 Å².